The quantitative estimate of drug-likeness (QED) is 0.119. The van der Waals surface area contributed by atoms with Gasteiger partial charge < -0.3 is 20.7 Å². The van der Waals surface area contributed by atoms with E-state index in [-0.39, 0.29) is 19.2 Å². The Morgan fingerprint density at radius 2 is 1.74 bits per heavy atom. The highest BCUT2D eigenvalue weighted by Crippen LogP contribution is 2.35. The normalized spacial score (nSPS) is 12.5. The number of hydrogen-bond acceptors (Lipinski definition) is 7. The predicted octanol–water partition coefficient (Wildman–Crippen LogP) is 8.15. The van der Waals surface area contributed by atoms with Crippen LogP contribution < -0.4 is 31.3 Å². The molecule has 252 valence electrons. The summed E-state index contributed by atoms with van der Waals surface area (Å²) in [4.78, 5) is 34.2. The third-order valence-corrected chi connectivity index (χ3v) is 9.59. The van der Waals surface area contributed by atoms with Gasteiger partial charge in [0, 0.05) is 45.9 Å². The molecule has 7 rings (SSSR count). The first-order valence-corrected chi connectivity index (χ1v) is 18.4. The number of carbonyl (C=O) groups is 2. The number of ether oxygens (including phenoxy) is 1. The van der Waals surface area contributed by atoms with Crippen LogP contribution in [0.15, 0.2) is 97.2 Å². The average molecular weight is 685 g/mol. The van der Waals surface area contributed by atoms with Gasteiger partial charge in [0.2, 0.25) is 17.7 Å². The molecule has 12 heteroatoms. The monoisotopic (exact) mass is 684 g/mol. The van der Waals surface area contributed by atoms with E-state index >= 15 is 0 Å². The number of rotatable bonds is 8. The molecule has 0 saturated carbocycles. The van der Waals surface area contributed by atoms with E-state index in [1.54, 1.807) is 23.0 Å². The van der Waals surface area contributed by atoms with Crippen molar-refractivity contribution >= 4 is 64.8 Å². The van der Waals surface area contributed by atoms with Gasteiger partial charge >= 0.3 is 6.03 Å². The third-order valence-electron chi connectivity index (χ3n) is 8.28. The first-order valence-electron chi connectivity index (χ1n) is 16.2. The molecule has 4 aromatic carbocycles. The molecule has 0 fully saturated rings. The number of fused-ring (bicyclic) bond motifs is 2. The minimum Gasteiger partial charge on any atom is -0.438 e. The molecule has 6 aromatic rings. The molecular weight excluding hydrogens is 647 g/mol. The molecular formula is C38H37N8O3P. The van der Waals surface area contributed by atoms with Gasteiger partial charge in [-0.2, -0.15) is 10.1 Å². The molecule has 0 spiro atoms. The summed E-state index contributed by atoms with van der Waals surface area (Å²) in [7, 11) is -0.301. The van der Waals surface area contributed by atoms with Crippen molar-refractivity contribution in [2.45, 2.75) is 32.6 Å². The summed E-state index contributed by atoms with van der Waals surface area (Å²) in [6, 6.07) is 28.4. The molecule has 4 N–H and O–H groups in total. The van der Waals surface area contributed by atoms with Gasteiger partial charge in [-0.05, 0) is 60.6 Å². The van der Waals surface area contributed by atoms with E-state index in [0.29, 0.717) is 35.5 Å². The SMILES string of the molecule is CP(C)c1cccc(-n2nc(C(C)(C)C)cc2NC(=O)Nc2ccc(Oc3ccnc(Nc4ccc5c(c4)NC(=O)C5)n3)c3ccccc23)c1. The van der Waals surface area contributed by atoms with E-state index in [4.69, 9.17) is 9.84 Å². The lowest BCUT2D eigenvalue weighted by molar-refractivity contribution is -0.115. The molecule has 0 bridgehead atoms. The highest BCUT2D eigenvalue weighted by atomic mass is 31.1. The zero-order valence-corrected chi connectivity index (χ0v) is 29.3. The van der Waals surface area contributed by atoms with Gasteiger partial charge in [0.25, 0.3) is 0 Å². The van der Waals surface area contributed by atoms with Crippen LogP contribution in [0.5, 0.6) is 11.6 Å². The Morgan fingerprint density at radius 3 is 2.54 bits per heavy atom. The van der Waals surface area contributed by atoms with Crippen molar-refractivity contribution in [3.63, 3.8) is 0 Å². The number of nitrogens with one attached hydrogen (secondary N) is 4. The van der Waals surface area contributed by atoms with Crippen molar-refractivity contribution in [2.75, 3.05) is 34.6 Å². The molecule has 1 aliphatic heterocycles. The fourth-order valence-corrected chi connectivity index (χ4v) is 6.44. The molecule has 0 unspecified atom stereocenters. The van der Waals surface area contributed by atoms with Crippen molar-refractivity contribution in [3.05, 3.63) is 108 Å². The highest BCUT2D eigenvalue weighted by Gasteiger charge is 2.22. The number of anilines is 5. The van der Waals surface area contributed by atoms with Gasteiger partial charge in [0.1, 0.15) is 11.6 Å². The maximum Gasteiger partial charge on any atom is 0.324 e. The van der Waals surface area contributed by atoms with Gasteiger partial charge in [0.05, 0.1) is 23.5 Å². The lowest BCUT2D eigenvalue weighted by Gasteiger charge is -2.15. The summed E-state index contributed by atoms with van der Waals surface area (Å²) < 4.78 is 8.05. The van der Waals surface area contributed by atoms with Gasteiger partial charge in [-0.25, -0.2) is 14.5 Å². The second-order valence-electron chi connectivity index (χ2n) is 13.3. The minimum absolute atomic E-state index is 0.0243. The Bertz CT molecular complexity index is 2260. The second kappa shape index (κ2) is 13.2. The van der Waals surface area contributed by atoms with Crippen molar-refractivity contribution < 1.29 is 14.3 Å². The highest BCUT2D eigenvalue weighted by molar-refractivity contribution is 7.64. The van der Waals surface area contributed by atoms with Gasteiger partial charge in [-0.15, -0.1) is 0 Å². The van der Waals surface area contributed by atoms with Crippen molar-refractivity contribution in [1.29, 1.82) is 0 Å². The fourth-order valence-electron chi connectivity index (χ4n) is 5.67. The zero-order chi connectivity index (χ0) is 35.0. The number of amides is 3. The number of aromatic nitrogens is 4. The summed E-state index contributed by atoms with van der Waals surface area (Å²) in [5.41, 5.74) is 4.62. The Kier molecular flexibility index (Phi) is 8.67. The van der Waals surface area contributed by atoms with Crippen LogP contribution in [0.3, 0.4) is 0 Å². The van der Waals surface area contributed by atoms with Crippen LogP contribution in [-0.2, 0) is 16.6 Å². The molecule has 0 radical (unpaired) electrons. The van der Waals surface area contributed by atoms with E-state index in [0.717, 1.165) is 39.1 Å². The van der Waals surface area contributed by atoms with E-state index in [9.17, 15) is 9.59 Å². The standard InChI is InChI=1S/C38H37N8O3P/c1-38(2,3)32-22-33(46(45-32)25-9-8-10-26(21-25)50(4)5)43-37(48)42-29-15-16-31(28-12-7-6-11-27(28)29)49-35-17-18-39-36(44-35)40-24-14-13-23-19-34(47)41-30(23)20-24/h6-18,20-22H,19H2,1-5H3,(H,41,47)(H,39,40,44)(H2,42,43,48). The Balaban J connectivity index is 1.11. The zero-order valence-electron chi connectivity index (χ0n) is 28.4. The summed E-state index contributed by atoms with van der Waals surface area (Å²) in [5.74, 6) is 1.80. The van der Waals surface area contributed by atoms with Crippen LogP contribution in [0, 0.1) is 0 Å². The lowest BCUT2D eigenvalue weighted by atomic mass is 9.92. The van der Waals surface area contributed by atoms with Crippen LogP contribution in [0.4, 0.5) is 33.6 Å². The predicted molar refractivity (Wildman–Crippen MR) is 201 cm³/mol. The van der Waals surface area contributed by atoms with Crippen molar-refractivity contribution in [1.82, 2.24) is 19.7 Å². The summed E-state index contributed by atoms with van der Waals surface area (Å²) >= 11 is 0. The van der Waals surface area contributed by atoms with Gasteiger partial charge in [-0.3, -0.25) is 10.1 Å². The fraction of sp³-hybridized carbons (Fsp3) is 0.184. The summed E-state index contributed by atoms with van der Waals surface area (Å²) in [6.07, 6.45) is 1.98. The van der Waals surface area contributed by atoms with Crippen LogP contribution in [0.1, 0.15) is 32.0 Å². The van der Waals surface area contributed by atoms with E-state index < -0.39 is 6.03 Å². The molecule has 50 heavy (non-hydrogen) atoms. The van der Waals surface area contributed by atoms with E-state index in [2.05, 4.69) is 77.5 Å². The molecule has 2 aromatic heterocycles. The maximum atomic E-state index is 13.5. The number of nitrogens with zero attached hydrogens (tertiary/aromatic N) is 4. The first-order chi connectivity index (χ1) is 24.0. The third kappa shape index (κ3) is 6.99. The Labute approximate surface area is 291 Å². The van der Waals surface area contributed by atoms with Gasteiger partial charge in [-0.1, -0.05) is 71.2 Å². The van der Waals surface area contributed by atoms with Crippen LogP contribution in [0.25, 0.3) is 16.5 Å². The van der Waals surface area contributed by atoms with Crippen LogP contribution >= 0.6 is 7.92 Å². The molecule has 0 aliphatic carbocycles. The number of carbonyl (C=O) groups excluding carboxylic acids is 2. The van der Waals surface area contributed by atoms with Crippen molar-refractivity contribution in [3.8, 4) is 17.3 Å². The number of benzene rings is 4. The number of hydrogen-bond donors (Lipinski definition) is 4. The largest absolute Gasteiger partial charge is 0.438 e. The van der Waals surface area contributed by atoms with Crippen molar-refractivity contribution in [2.24, 2.45) is 0 Å². The maximum absolute atomic E-state index is 13.5. The molecule has 3 heterocycles. The molecule has 1 aliphatic rings. The molecule has 3 amide bonds. The summed E-state index contributed by atoms with van der Waals surface area (Å²) in [5, 5.41) is 19.8. The molecule has 11 nitrogen and oxygen atoms in total. The molecule has 0 saturated heterocycles. The van der Waals surface area contributed by atoms with E-state index in [1.165, 1.54) is 5.30 Å². The minimum atomic E-state index is -0.396. The average Bonchev–Trinajstić information content (AvgIpc) is 3.68. The first kappa shape index (κ1) is 32.7. The number of urea groups is 1. The lowest BCUT2D eigenvalue weighted by Crippen LogP contribution is -2.21. The topological polar surface area (TPSA) is 135 Å². The van der Waals surface area contributed by atoms with E-state index in [1.807, 2.05) is 66.7 Å². The second-order valence-corrected chi connectivity index (χ2v) is 15.6. The smallest absolute Gasteiger partial charge is 0.324 e. The van der Waals surface area contributed by atoms with Crippen LogP contribution in [0.2, 0.25) is 0 Å². The van der Waals surface area contributed by atoms with Crippen LogP contribution in [-0.4, -0.2) is 45.0 Å². The Hall–Kier alpha value is -5.80. The van der Waals surface area contributed by atoms with Gasteiger partial charge in [0.15, 0.2) is 0 Å². The Morgan fingerprint density at radius 1 is 0.920 bits per heavy atom. The molecule has 0 atom stereocenters. The summed E-state index contributed by atoms with van der Waals surface area (Å²) in [6.45, 7) is 10.7.